The van der Waals surface area contributed by atoms with Crippen molar-refractivity contribution < 1.29 is 9.90 Å². The van der Waals surface area contributed by atoms with E-state index in [1.807, 2.05) is 13.8 Å². The number of hydrogen-bond donors (Lipinski definition) is 2. The molecular formula is C14H20N2O2. The molecule has 1 heterocycles. The Morgan fingerprint density at radius 2 is 2.22 bits per heavy atom. The molecule has 0 saturated heterocycles. The quantitative estimate of drug-likeness (QED) is 0.812. The zero-order valence-corrected chi connectivity index (χ0v) is 10.9. The van der Waals surface area contributed by atoms with E-state index in [1.165, 1.54) is 12.8 Å². The summed E-state index contributed by atoms with van der Waals surface area (Å²) in [5, 5.41) is 12.3. The smallest absolute Gasteiger partial charge is 0.335 e. The van der Waals surface area contributed by atoms with Gasteiger partial charge in [0.15, 0.2) is 0 Å². The van der Waals surface area contributed by atoms with Crippen LogP contribution in [-0.2, 0) is 0 Å². The van der Waals surface area contributed by atoms with Gasteiger partial charge < -0.3 is 10.4 Å². The van der Waals surface area contributed by atoms with Gasteiger partial charge >= 0.3 is 5.97 Å². The lowest BCUT2D eigenvalue weighted by atomic mass is 10.1. The summed E-state index contributed by atoms with van der Waals surface area (Å²) < 4.78 is 0. The number of aromatic nitrogens is 1. The number of carboxylic acid groups (broad SMARTS) is 1. The molecule has 1 aliphatic rings. The summed E-state index contributed by atoms with van der Waals surface area (Å²) in [5.41, 5.74) is 1.13. The van der Waals surface area contributed by atoms with Crippen molar-refractivity contribution in [1.82, 2.24) is 4.98 Å². The third-order valence-electron chi connectivity index (χ3n) is 3.24. The highest BCUT2D eigenvalue weighted by atomic mass is 16.4. The molecule has 0 aromatic carbocycles. The Morgan fingerprint density at radius 1 is 1.50 bits per heavy atom. The first-order valence-corrected chi connectivity index (χ1v) is 6.55. The highest BCUT2D eigenvalue weighted by Gasteiger charge is 2.20. The average Bonchev–Trinajstić information content (AvgIpc) is 3.12. The Balaban J connectivity index is 2.08. The number of nitrogens with one attached hydrogen (secondary N) is 1. The van der Waals surface area contributed by atoms with Gasteiger partial charge in [-0.05, 0) is 30.4 Å². The van der Waals surface area contributed by atoms with Crippen LogP contribution in [0.1, 0.15) is 55.1 Å². The maximum absolute atomic E-state index is 11.1. The van der Waals surface area contributed by atoms with E-state index in [-0.39, 0.29) is 5.92 Å². The van der Waals surface area contributed by atoms with E-state index in [1.54, 1.807) is 12.1 Å². The number of anilines is 1. The van der Waals surface area contributed by atoms with E-state index in [2.05, 4.69) is 10.3 Å². The molecule has 0 bridgehead atoms. The largest absolute Gasteiger partial charge is 0.478 e. The second-order valence-corrected chi connectivity index (χ2v) is 5.28. The maximum Gasteiger partial charge on any atom is 0.335 e. The van der Waals surface area contributed by atoms with Crippen LogP contribution < -0.4 is 5.32 Å². The van der Waals surface area contributed by atoms with Crippen LogP contribution in [0.5, 0.6) is 0 Å². The van der Waals surface area contributed by atoms with Crippen molar-refractivity contribution in [3.8, 4) is 0 Å². The monoisotopic (exact) mass is 248 g/mol. The summed E-state index contributed by atoms with van der Waals surface area (Å²) in [6, 6.07) is 3.26. The summed E-state index contributed by atoms with van der Waals surface area (Å²) in [7, 11) is 0. The summed E-state index contributed by atoms with van der Waals surface area (Å²) in [6.45, 7) is 4.90. The molecule has 1 aromatic rings. The number of rotatable bonds is 6. The molecule has 1 saturated carbocycles. The molecule has 4 heteroatoms. The Labute approximate surface area is 107 Å². The van der Waals surface area contributed by atoms with Crippen molar-refractivity contribution in [2.75, 3.05) is 11.9 Å². The fraction of sp³-hybridized carbons (Fsp3) is 0.571. The van der Waals surface area contributed by atoms with E-state index in [0.29, 0.717) is 11.4 Å². The third-order valence-corrected chi connectivity index (χ3v) is 3.24. The first kappa shape index (κ1) is 12.9. The van der Waals surface area contributed by atoms with Gasteiger partial charge in [-0.15, -0.1) is 0 Å². The number of aromatic carboxylic acids is 1. The van der Waals surface area contributed by atoms with Crippen LogP contribution in [0, 0.1) is 5.92 Å². The van der Waals surface area contributed by atoms with Crippen LogP contribution in [-0.4, -0.2) is 22.6 Å². The molecule has 1 aromatic heterocycles. The van der Waals surface area contributed by atoms with E-state index >= 15 is 0 Å². The lowest BCUT2D eigenvalue weighted by Gasteiger charge is -2.11. The van der Waals surface area contributed by atoms with Crippen molar-refractivity contribution in [2.24, 2.45) is 5.92 Å². The Morgan fingerprint density at radius 3 is 2.78 bits per heavy atom. The Bertz CT molecular complexity index is 439. The van der Waals surface area contributed by atoms with Gasteiger partial charge in [0.25, 0.3) is 0 Å². The van der Waals surface area contributed by atoms with Crippen molar-refractivity contribution in [2.45, 2.75) is 39.0 Å². The topological polar surface area (TPSA) is 62.2 Å². The highest BCUT2D eigenvalue weighted by molar-refractivity contribution is 5.88. The third kappa shape index (κ3) is 3.45. The number of carbonyl (C=O) groups is 1. The molecule has 0 spiro atoms. The van der Waals surface area contributed by atoms with E-state index < -0.39 is 5.97 Å². The van der Waals surface area contributed by atoms with E-state index in [4.69, 9.17) is 5.11 Å². The molecule has 18 heavy (non-hydrogen) atoms. The van der Waals surface area contributed by atoms with E-state index in [9.17, 15) is 4.79 Å². The highest BCUT2D eigenvalue weighted by Crippen LogP contribution is 2.32. The van der Waals surface area contributed by atoms with Crippen molar-refractivity contribution in [3.05, 3.63) is 23.4 Å². The minimum absolute atomic E-state index is 0.230. The average molecular weight is 248 g/mol. The lowest BCUT2D eigenvalue weighted by molar-refractivity contribution is 0.0696. The molecule has 2 rings (SSSR count). The molecule has 0 radical (unpaired) electrons. The zero-order chi connectivity index (χ0) is 13.1. The summed E-state index contributed by atoms with van der Waals surface area (Å²) >= 11 is 0. The van der Waals surface area contributed by atoms with Crippen molar-refractivity contribution in [1.29, 1.82) is 0 Å². The molecule has 1 fully saturated rings. The van der Waals surface area contributed by atoms with Crippen LogP contribution in [0.4, 0.5) is 5.82 Å². The second-order valence-electron chi connectivity index (χ2n) is 5.28. The van der Waals surface area contributed by atoms with Crippen molar-refractivity contribution in [3.63, 3.8) is 0 Å². The molecule has 0 unspecified atom stereocenters. The first-order valence-electron chi connectivity index (χ1n) is 6.55. The summed E-state index contributed by atoms with van der Waals surface area (Å²) in [4.78, 5) is 15.5. The van der Waals surface area contributed by atoms with Crippen LogP contribution in [0.25, 0.3) is 0 Å². The molecule has 2 N–H and O–H groups in total. The fourth-order valence-electron chi connectivity index (χ4n) is 1.87. The minimum atomic E-state index is -0.899. The van der Waals surface area contributed by atoms with Gasteiger partial charge in [-0.2, -0.15) is 0 Å². The van der Waals surface area contributed by atoms with Crippen molar-refractivity contribution >= 4 is 11.8 Å². The van der Waals surface area contributed by atoms with Crippen LogP contribution in [0.3, 0.4) is 0 Å². The van der Waals surface area contributed by atoms with Crippen LogP contribution in [0.2, 0.25) is 0 Å². The molecular weight excluding hydrogens is 228 g/mol. The van der Waals surface area contributed by atoms with Crippen LogP contribution >= 0.6 is 0 Å². The summed E-state index contributed by atoms with van der Waals surface area (Å²) in [5.74, 6) is 0.877. The Hall–Kier alpha value is -1.58. The van der Waals surface area contributed by atoms with Gasteiger partial charge in [-0.3, -0.25) is 0 Å². The van der Waals surface area contributed by atoms with Gasteiger partial charge in [0, 0.05) is 12.2 Å². The first-order chi connectivity index (χ1) is 8.56. The standard InChI is InChI=1S/C14H20N2O2/c1-9(2)12-7-11(14(17)18)8-13(16-12)15-6-5-10-3-4-10/h7-10H,3-6H2,1-2H3,(H,15,16)(H,17,18). The predicted molar refractivity (Wildman–Crippen MR) is 71.1 cm³/mol. The molecule has 4 nitrogen and oxygen atoms in total. The van der Waals surface area contributed by atoms with E-state index in [0.717, 1.165) is 24.6 Å². The molecule has 0 amide bonds. The normalized spacial score (nSPS) is 14.8. The molecule has 0 atom stereocenters. The second kappa shape index (κ2) is 5.38. The van der Waals surface area contributed by atoms with Gasteiger partial charge in [-0.25, -0.2) is 9.78 Å². The van der Waals surface area contributed by atoms with Gasteiger partial charge in [0.1, 0.15) is 5.82 Å². The van der Waals surface area contributed by atoms with Gasteiger partial charge in [0.2, 0.25) is 0 Å². The summed E-state index contributed by atoms with van der Waals surface area (Å²) in [6.07, 6.45) is 3.82. The maximum atomic E-state index is 11.1. The van der Waals surface area contributed by atoms with Crippen LogP contribution in [0.15, 0.2) is 12.1 Å². The lowest BCUT2D eigenvalue weighted by Crippen LogP contribution is -2.08. The molecule has 1 aliphatic carbocycles. The number of nitrogens with zero attached hydrogens (tertiary/aromatic N) is 1. The molecule has 0 aliphatic heterocycles. The minimum Gasteiger partial charge on any atom is -0.478 e. The predicted octanol–water partition coefficient (Wildman–Crippen LogP) is 3.12. The number of hydrogen-bond acceptors (Lipinski definition) is 3. The molecule has 98 valence electrons. The van der Waals surface area contributed by atoms with Gasteiger partial charge in [0.05, 0.1) is 5.56 Å². The Kier molecular flexibility index (Phi) is 3.84. The van der Waals surface area contributed by atoms with Gasteiger partial charge in [-0.1, -0.05) is 26.7 Å². The number of carboxylic acids is 1. The SMILES string of the molecule is CC(C)c1cc(C(=O)O)cc(NCCC2CC2)n1. The fourth-order valence-corrected chi connectivity index (χ4v) is 1.87. The number of pyridine rings is 1. The zero-order valence-electron chi connectivity index (χ0n) is 10.9.